The van der Waals surface area contributed by atoms with Crippen LogP contribution in [-0.2, 0) is 10.0 Å². The van der Waals surface area contributed by atoms with Gasteiger partial charge in [0, 0.05) is 10.2 Å². The van der Waals surface area contributed by atoms with Crippen LogP contribution in [0.4, 0.5) is 5.69 Å². The molecule has 0 saturated carbocycles. The molecule has 1 aromatic carbocycles. The monoisotopic (exact) mass is 359 g/mol. The largest absolute Gasteiger partial charge is 0.279 e. The third-order valence-corrected chi connectivity index (χ3v) is 6.69. The second kappa shape index (κ2) is 5.64. The summed E-state index contributed by atoms with van der Waals surface area (Å²) in [6.07, 6.45) is 0. The fourth-order valence-corrected chi connectivity index (χ4v) is 5.02. The van der Waals surface area contributed by atoms with Crippen LogP contribution in [0.1, 0.15) is 25.3 Å². The Hall–Kier alpha value is -0.850. The molecule has 0 bridgehead atoms. The minimum absolute atomic E-state index is 0.294. The lowest BCUT2D eigenvalue weighted by atomic mass is 10.0. The minimum Gasteiger partial charge on any atom is -0.279 e. The molecule has 0 saturated heterocycles. The predicted molar refractivity (Wildman–Crippen MR) is 83.4 cm³/mol. The quantitative estimate of drug-likeness (QED) is 0.877. The lowest BCUT2D eigenvalue weighted by Gasteiger charge is -2.10. The zero-order valence-electron chi connectivity index (χ0n) is 10.6. The van der Waals surface area contributed by atoms with Gasteiger partial charge in [0.25, 0.3) is 10.0 Å². The van der Waals surface area contributed by atoms with E-state index in [4.69, 9.17) is 0 Å². The maximum Gasteiger partial charge on any atom is 0.272 e. The third kappa shape index (κ3) is 3.38. The molecule has 1 heterocycles. The molecule has 0 atom stereocenters. The average molecular weight is 360 g/mol. The molecule has 0 radical (unpaired) electrons. The highest BCUT2D eigenvalue weighted by Crippen LogP contribution is 2.29. The molecule has 0 aliphatic heterocycles. The Bertz CT molecular complexity index is 677. The fraction of sp³-hybridized carbons (Fsp3) is 0.231. The lowest BCUT2D eigenvalue weighted by Crippen LogP contribution is -2.12. The van der Waals surface area contributed by atoms with Crippen molar-refractivity contribution in [3.8, 4) is 0 Å². The van der Waals surface area contributed by atoms with Crippen molar-refractivity contribution in [2.45, 2.75) is 24.0 Å². The average Bonchev–Trinajstić information content (AvgIpc) is 2.76. The molecule has 0 aliphatic carbocycles. The highest BCUT2D eigenvalue weighted by atomic mass is 79.9. The standard InChI is InChI=1S/C13H14BrNO2S2/c1-9(2)10-4-3-5-11(8-10)15-19(16,17)13-12(14)6-7-18-13/h3-9,15H,1-2H3. The van der Waals surface area contributed by atoms with Crippen LogP contribution < -0.4 is 4.72 Å². The van der Waals surface area contributed by atoms with Crippen LogP contribution in [0.25, 0.3) is 0 Å². The Morgan fingerprint density at radius 2 is 2.00 bits per heavy atom. The van der Waals surface area contributed by atoms with Gasteiger partial charge < -0.3 is 0 Å². The number of benzene rings is 1. The molecular formula is C13H14BrNO2S2. The highest BCUT2D eigenvalue weighted by molar-refractivity contribution is 9.10. The van der Waals surface area contributed by atoms with E-state index in [0.717, 1.165) is 5.56 Å². The summed E-state index contributed by atoms with van der Waals surface area (Å²) >= 11 is 4.43. The topological polar surface area (TPSA) is 46.2 Å². The van der Waals surface area contributed by atoms with Crippen molar-refractivity contribution >= 4 is 43.0 Å². The summed E-state index contributed by atoms with van der Waals surface area (Å²) in [5.74, 6) is 0.359. The van der Waals surface area contributed by atoms with E-state index in [1.165, 1.54) is 11.3 Å². The second-order valence-corrected chi connectivity index (χ2v) is 8.09. The molecular weight excluding hydrogens is 346 g/mol. The van der Waals surface area contributed by atoms with Gasteiger partial charge in [-0.2, -0.15) is 0 Å². The summed E-state index contributed by atoms with van der Waals surface area (Å²) in [4.78, 5) is 0. The molecule has 19 heavy (non-hydrogen) atoms. The maximum atomic E-state index is 12.2. The maximum absolute atomic E-state index is 12.2. The van der Waals surface area contributed by atoms with Crippen LogP contribution in [0.5, 0.6) is 0 Å². The first kappa shape index (κ1) is 14.6. The highest BCUT2D eigenvalue weighted by Gasteiger charge is 2.19. The first-order valence-electron chi connectivity index (χ1n) is 5.76. The van der Waals surface area contributed by atoms with E-state index in [-0.39, 0.29) is 0 Å². The van der Waals surface area contributed by atoms with E-state index in [1.807, 2.05) is 18.2 Å². The van der Waals surface area contributed by atoms with Gasteiger partial charge in [-0.1, -0.05) is 26.0 Å². The molecule has 2 rings (SSSR count). The van der Waals surface area contributed by atoms with Crippen molar-refractivity contribution in [2.24, 2.45) is 0 Å². The normalized spacial score (nSPS) is 11.8. The summed E-state index contributed by atoms with van der Waals surface area (Å²) in [5, 5.41) is 1.74. The van der Waals surface area contributed by atoms with Crippen molar-refractivity contribution in [3.05, 3.63) is 45.7 Å². The zero-order chi connectivity index (χ0) is 14.0. The zero-order valence-corrected chi connectivity index (χ0v) is 13.8. The summed E-state index contributed by atoms with van der Waals surface area (Å²) in [6, 6.07) is 9.19. The Kier molecular flexibility index (Phi) is 4.32. The molecule has 1 aromatic heterocycles. The smallest absolute Gasteiger partial charge is 0.272 e. The Labute approximate surface area is 125 Å². The Morgan fingerprint density at radius 3 is 2.58 bits per heavy atom. The first-order valence-corrected chi connectivity index (χ1v) is 8.91. The molecule has 1 N–H and O–H groups in total. The number of thiophene rings is 1. The van der Waals surface area contributed by atoms with Gasteiger partial charge in [0.05, 0.1) is 0 Å². The Morgan fingerprint density at radius 1 is 1.26 bits per heavy atom. The Balaban J connectivity index is 2.31. The van der Waals surface area contributed by atoms with Gasteiger partial charge in [0.15, 0.2) is 4.21 Å². The van der Waals surface area contributed by atoms with Crippen LogP contribution in [0.3, 0.4) is 0 Å². The molecule has 0 spiro atoms. The first-order chi connectivity index (χ1) is 8.90. The number of sulfonamides is 1. The van der Waals surface area contributed by atoms with E-state index in [1.54, 1.807) is 17.5 Å². The third-order valence-electron chi connectivity index (χ3n) is 2.63. The van der Waals surface area contributed by atoms with Gasteiger partial charge in [-0.25, -0.2) is 8.42 Å². The van der Waals surface area contributed by atoms with Crippen LogP contribution in [0, 0.1) is 0 Å². The molecule has 0 unspecified atom stereocenters. The van der Waals surface area contributed by atoms with Gasteiger partial charge >= 0.3 is 0 Å². The molecule has 2 aromatic rings. The van der Waals surface area contributed by atoms with Gasteiger partial charge in [0.2, 0.25) is 0 Å². The van der Waals surface area contributed by atoms with Crippen molar-refractivity contribution in [2.75, 3.05) is 4.72 Å². The lowest BCUT2D eigenvalue weighted by molar-refractivity contribution is 0.603. The number of halogens is 1. The van der Waals surface area contributed by atoms with E-state index in [2.05, 4.69) is 34.5 Å². The van der Waals surface area contributed by atoms with Crippen LogP contribution in [0.15, 0.2) is 44.4 Å². The number of nitrogens with one attached hydrogen (secondary N) is 1. The fourth-order valence-electron chi connectivity index (χ4n) is 1.63. The van der Waals surface area contributed by atoms with Crippen LogP contribution in [0.2, 0.25) is 0 Å². The predicted octanol–water partition coefficient (Wildman–Crippen LogP) is 4.43. The molecule has 0 fully saturated rings. The van der Waals surface area contributed by atoms with Gasteiger partial charge in [0.1, 0.15) is 0 Å². The summed E-state index contributed by atoms with van der Waals surface area (Å²) in [6.45, 7) is 4.15. The van der Waals surface area contributed by atoms with Crippen molar-refractivity contribution in [3.63, 3.8) is 0 Å². The second-order valence-electron chi connectivity index (χ2n) is 4.44. The minimum atomic E-state index is -3.52. The van der Waals surface area contributed by atoms with Crippen molar-refractivity contribution < 1.29 is 8.42 Å². The molecule has 102 valence electrons. The van der Waals surface area contributed by atoms with Crippen molar-refractivity contribution in [1.82, 2.24) is 0 Å². The molecule has 3 nitrogen and oxygen atoms in total. The SMILES string of the molecule is CC(C)c1cccc(NS(=O)(=O)c2sccc2Br)c1. The molecule has 0 aliphatic rings. The number of anilines is 1. The van der Waals surface area contributed by atoms with Crippen LogP contribution in [-0.4, -0.2) is 8.42 Å². The van der Waals surface area contributed by atoms with E-state index in [9.17, 15) is 8.42 Å². The van der Waals surface area contributed by atoms with E-state index in [0.29, 0.717) is 20.3 Å². The summed E-state index contributed by atoms with van der Waals surface area (Å²) < 4.78 is 28.0. The van der Waals surface area contributed by atoms with Gasteiger partial charge in [-0.05, 0) is 51.0 Å². The summed E-state index contributed by atoms with van der Waals surface area (Å²) in [7, 11) is -3.52. The van der Waals surface area contributed by atoms with Crippen molar-refractivity contribution in [1.29, 1.82) is 0 Å². The van der Waals surface area contributed by atoms with Gasteiger partial charge in [-0.15, -0.1) is 11.3 Å². The van der Waals surface area contributed by atoms with E-state index >= 15 is 0 Å². The molecule has 6 heteroatoms. The molecule has 0 amide bonds. The summed E-state index contributed by atoms with van der Waals surface area (Å²) in [5.41, 5.74) is 1.69. The van der Waals surface area contributed by atoms with Gasteiger partial charge in [-0.3, -0.25) is 4.72 Å². The number of rotatable bonds is 4. The number of hydrogen-bond donors (Lipinski definition) is 1. The van der Waals surface area contributed by atoms with Crippen LogP contribution >= 0.6 is 27.3 Å². The number of hydrogen-bond acceptors (Lipinski definition) is 3. The van der Waals surface area contributed by atoms with E-state index < -0.39 is 10.0 Å².